The molecule has 3 rings (SSSR count). The third-order valence-corrected chi connectivity index (χ3v) is 4.89. The zero-order valence-electron chi connectivity index (χ0n) is 17.4. The van der Waals surface area contributed by atoms with E-state index in [2.05, 4.69) is 33.0 Å². The number of nitrogens with one attached hydrogen (secondary N) is 1. The minimum atomic E-state index is -0.470. The highest BCUT2D eigenvalue weighted by Gasteiger charge is 2.13. The van der Waals surface area contributed by atoms with E-state index in [1.54, 1.807) is 60.7 Å². The van der Waals surface area contributed by atoms with Gasteiger partial charge >= 0.3 is 5.97 Å². The number of ether oxygens (including phenoxy) is 2. The van der Waals surface area contributed by atoms with Gasteiger partial charge in [-0.25, -0.2) is 10.2 Å². The molecule has 1 amide bonds. The molecule has 0 aliphatic carbocycles. The van der Waals surface area contributed by atoms with Gasteiger partial charge in [0.15, 0.2) is 0 Å². The number of aryl methyl sites for hydroxylation is 1. The Kier molecular flexibility index (Phi) is 7.94. The highest BCUT2D eigenvalue weighted by Crippen LogP contribution is 2.23. The Balaban J connectivity index is 1.69. The largest absolute Gasteiger partial charge is 0.490 e. The minimum Gasteiger partial charge on any atom is -0.490 e. The monoisotopic (exact) mass is 492 g/mol. The summed E-state index contributed by atoms with van der Waals surface area (Å²) in [6.45, 7) is 5.82. The normalized spacial score (nSPS) is 10.6. The number of hydrogen-bond donors (Lipinski definition) is 1. The van der Waals surface area contributed by atoms with E-state index in [9.17, 15) is 9.59 Å². The quantitative estimate of drug-likeness (QED) is 0.152. The molecule has 7 heteroatoms. The summed E-state index contributed by atoms with van der Waals surface area (Å²) in [4.78, 5) is 24.9. The van der Waals surface area contributed by atoms with E-state index >= 15 is 0 Å². The van der Waals surface area contributed by atoms with Crippen molar-refractivity contribution in [1.29, 1.82) is 0 Å². The van der Waals surface area contributed by atoms with E-state index in [1.165, 1.54) is 6.21 Å². The first-order valence-electron chi connectivity index (χ1n) is 9.72. The molecule has 3 aromatic carbocycles. The van der Waals surface area contributed by atoms with Crippen molar-refractivity contribution in [3.8, 4) is 11.5 Å². The number of hydrazone groups is 1. The van der Waals surface area contributed by atoms with Crippen molar-refractivity contribution in [2.24, 2.45) is 5.10 Å². The van der Waals surface area contributed by atoms with Gasteiger partial charge in [-0.15, -0.1) is 0 Å². The molecule has 0 aliphatic heterocycles. The van der Waals surface area contributed by atoms with Crippen molar-refractivity contribution in [3.63, 3.8) is 0 Å². The smallest absolute Gasteiger partial charge is 0.343 e. The van der Waals surface area contributed by atoms with Gasteiger partial charge in [0.25, 0.3) is 5.91 Å². The lowest BCUT2D eigenvalue weighted by Crippen LogP contribution is -2.17. The number of hydrogen-bond acceptors (Lipinski definition) is 5. The number of esters is 1. The van der Waals surface area contributed by atoms with Gasteiger partial charge in [-0.1, -0.05) is 46.8 Å². The second-order valence-corrected chi connectivity index (χ2v) is 7.63. The molecule has 1 N–H and O–H groups in total. The second kappa shape index (κ2) is 11.1. The van der Waals surface area contributed by atoms with Gasteiger partial charge < -0.3 is 9.47 Å². The van der Waals surface area contributed by atoms with Crippen LogP contribution in [0.4, 0.5) is 0 Å². The number of nitrogens with zero attached hydrogens (tertiary/aromatic N) is 1. The van der Waals surface area contributed by atoms with Crippen molar-refractivity contribution in [3.05, 3.63) is 106 Å². The van der Waals surface area contributed by atoms with Crippen LogP contribution >= 0.6 is 15.9 Å². The van der Waals surface area contributed by atoms with E-state index in [4.69, 9.17) is 9.47 Å². The number of carbonyl (C=O) groups is 2. The van der Waals surface area contributed by atoms with E-state index in [-0.39, 0.29) is 5.91 Å². The highest BCUT2D eigenvalue weighted by molar-refractivity contribution is 9.10. The summed E-state index contributed by atoms with van der Waals surface area (Å²) in [5, 5.41) is 4.01. The highest BCUT2D eigenvalue weighted by atomic mass is 79.9. The lowest BCUT2D eigenvalue weighted by atomic mass is 10.1. The van der Waals surface area contributed by atoms with E-state index in [0.29, 0.717) is 34.8 Å². The summed E-state index contributed by atoms with van der Waals surface area (Å²) >= 11 is 3.39. The first-order valence-corrected chi connectivity index (χ1v) is 10.5. The van der Waals surface area contributed by atoms with E-state index < -0.39 is 5.97 Å². The lowest BCUT2D eigenvalue weighted by molar-refractivity contribution is 0.0733. The van der Waals surface area contributed by atoms with Crippen LogP contribution in [0.25, 0.3) is 0 Å². The van der Waals surface area contributed by atoms with Crippen LogP contribution in [0.1, 0.15) is 31.8 Å². The van der Waals surface area contributed by atoms with Crippen molar-refractivity contribution >= 4 is 34.0 Å². The van der Waals surface area contributed by atoms with Crippen molar-refractivity contribution < 1.29 is 19.1 Å². The summed E-state index contributed by atoms with van der Waals surface area (Å²) < 4.78 is 11.7. The fourth-order valence-electron chi connectivity index (χ4n) is 2.75. The lowest BCUT2D eigenvalue weighted by Gasteiger charge is -2.09. The molecule has 0 unspecified atom stereocenters. The molecule has 6 nitrogen and oxygen atoms in total. The Labute approximate surface area is 194 Å². The SMILES string of the molecule is C=CCOc1ccc(C(=O)N/N=C/c2cc(Br)ccc2OC(=O)c2ccccc2C)cc1. The standard InChI is InChI=1S/C25H21BrN2O4/c1-3-14-31-21-11-8-18(9-12-21)24(29)28-27-16-19-15-20(26)10-13-23(19)32-25(30)22-7-5-4-6-17(22)2/h3-13,15-16H,1,14H2,2H3,(H,28,29)/b27-16+. The van der Waals surface area contributed by atoms with Crippen LogP contribution in [0.2, 0.25) is 0 Å². The maximum atomic E-state index is 12.6. The van der Waals surface area contributed by atoms with Crippen LogP contribution in [0.3, 0.4) is 0 Å². The number of carbonyl (C=O) groups excluding carboxylic acids is 2. The predicted molar refractivity (Wildman–Crippen MR) is 127 cm³/mol. The summed E-state index contributed by atoms with van der Waals surface area (Å²) in [5.74, 6) is 0.107. The maximum Gasteiger partial charge on any atom is 0.343 e. The van der Waals surface area contributed by atoms with Gasteiger partial charge in [-0.3, -0.25) is 4.79 Å². The first kappa shape index (κ1) is 23.0. The third kappa shape index (κ3) is 6.15. The number of benzene rings is 3. The number of amides is 1. The molecule has 0 radical (unpaired) electrons. The number of rotatable bonds is 8. The Morgan fingerprint density at radius 1 is 1.09 bits per heavy atom. The van der Waals surface area contributed by atoms with Crippen LogP contribution in [0, 0.1) is 6.92 Å². The molecule has 0 bridgehead atoms. The Bertz CT molecular complexity index is 1160. The van der Waals surface area contributed by atoms with Gasteiger partial charge in [0, 0.05) is 15.6 Å². The average Bonchev–Trinajstić information content (AvgIpc) is 2.80. The van der Waals surface area contributed by atoms with Gasteiger partial charge in [0.1, 0.15) is 18.1 Å². The second-order valence-electron chi connectivity index (χ2n) is 6.71. The van der Waals surface area contributed by atoms with Gasteiger partial charge in [0.05, 0.1) is 11.8 Å². The summed E-state index contributed by atoms with van der Waals surface area (Å²) in [6.07, 6.45) is 3.06. The zero-order chi connectivity index (χ0) is 22.9. The summed E-state index contributed by atoms with van der Waals surface area (Å²) in [5.41, 5.74) is 4.71. The van der Waals surface area contributed by atoms with Gasteiger partial charge in [0.2, 0.25) is 0 Å². The van der Waals surface area contributed by atoms with Crippen LogP contribution < -0.4 is 14.9 Å². The molecule has 0 saturated heterocycles. The molecular weight excluding hydrogens is 472 g/mol. The van der Waals surface area contributed by atoms with Crippen LogP contribution in [0.5, 0.6) is 11.5 Å². The fourth-order valence-corrected chi connectivity index (χ4v) is 3.13. The fraction of sp³-hybridized carbons (Fsp3) is 0.0800. The Hall–Kier alpha value is -3.71. The molecule has 0 heterocycles. The van der Waals surface area contributed by atoms with Crippen molar-refractivity contribution in [2.75, 3.05) is 6.61 Å². The van der Waals surface area contributed by atoms with Crippen LogP contribution in [-0.4, -0.2) is 24.7 Å². The summed E-state index contributed by atoms with van der Waals surface area (Å²) in [6, 6.07) is 19.0. The van der Waals surface area contributed by atoms with Gasteiger partial charge in [-0.2, -0.15) is 5.10 Å². The average molecular weight is 493 g/mol. The first-order chi connectivity index (χ1) is 15.5. The molecule has 0 fully saturated rings. The van der Waals surface area contributed by atoms with E-state index in [0.717, 1.165) is 10.0 Å². The molecule has 162 valence electrons. The van der Waals surface area contributed by atoms with E-state index in [1.807, 2.05) is 19.1 Å². The zero-order valence-corrected chi connectivity index (χ0v) is 19.0. The molecule has 0 aliphatic rings. The maximum absolute atomic E-state index is 12.6. The Morgan fingerprint density at radius 2 is 1.84 bits per heavy atom. The van der Waals surface area contributed by atoms with Crippen LogP contribution in [-0.2, 0) is 0 Å². The topological polar surface area (TPSA) is 77.0 Å². The molecule has 0 spiro atoms. The number of halogens is 1. The molecule has 3 aromatic rings. The van der Waals surface area contributed by atoms with Gasteiger partial charge in [-0.05, 0) is 61.0 Å². The minimum absolute atomic E-state index is 0.322. The Morgan fingerprint density at radius 3 is 2.56 bits per heavy atom. The predicted octanol–water partition coefficient (Wildman–Crippen LogP) is 5.31. The molecular formula is C25H21BrN2O4. The van der Waals surface area contributed by atoms with Crippen molar-refractivity contribution in [1.82, 2.24) is 5.43 Å². The molecule has 0 aromatic heterocycles. The molecule has 0 saturated carbocycles. The molecule has 32 heavy (non-hydrogen) atoms. The van der Waals surface area contributed by atoms with Crippen molar-refractivity contribution in [2.45, 2.75) is 6.92 Å². The van der Waals surface area contributed by atoms with Crippen LogP contribution in [0.15, 0.2) is 89.0 Å². The summed E-state index contributed by atoms with van der Waals surface area (Å²) in [7, 11) is 0. The third-order valence-electron chi connectivity index (χ3n) is 4.39. The molecule has 0 atom stereocenters.